The van der Waals surface area contributed by atoms with Gasteiger partial charge in [-0.05, 0) is 18.1 Å². The Morgan fingerprint density at radius 3 is 3.05 bits per heavy atom. The summed E-state index contributed by atoms with van der Waals surface area (Å²) in [6.07, 6.45) is 5.01. The molecule has 0 amide bonds. The highest BCUT2D eigenvalue weighted by Gasteiger charge is 2.12. The SMILES string of the molecule is CCC(NCc1c[nH]c2ccccc12)c1nccs1. The van der Waals surface area contributed by atoms with E-state index < -0.39 is 0 Å². The number of fused-ring (bicyclic) bond motifs is 1. The fourth-order valence-corrected chi connectivity index (χ4v) is 3.12. The molecule has 4 heteroatoms. The monoisotopic (exact) mass is 271 g/mol. The normalized spacial score (nSPS) is 12.9. The number of nitrogens with zero attached hydrogens (tertiary/aromatic N) is 1. The first kappa shape index (κ1) is 12.4. The number of aromatic nitrogens is 2. The highest BCUT2D eigenvalue weighted by molar-refractivity contribution is 7.09. The largest absolute Gasteiger partial charge is 0.361 e. The van der Waals surface area contributed by atoms with Crippen LogP contribution in [0.2, 0.25) is 0 Å². The van der Waals surface area contributed by atoms with Crippen molar-refractivity contribution in [2.75, 3.05) is 0 Å². The second-order valence-electron chi connectivity index (χ2n) is 4.57. The quantitative estimate of drug-likeness (QED) is 0.739. The van der Waals surface area contributed by atoms with Gasteiger partial charge >= 0.3 is 0 Å². The number of hydrogen-bond donors (Lipinski definition) is 2. The molecule has 0 saturated carbocycles. The third-order valence-corrected chi connectivity index (χ3v) is 4.26. The van der Waals surface area contributed by atoms with Gasteiger partial charge < -0.3 is 10.3 Å². The number of nitrogens with one attached hydrogen (secondary N) is 2. The summed E-state index contributed by atoms with van der Waals surface area (Å²) in [6, 6.07) is 8.75. The van der Waals surface area contributed by atoms with Crippen LogP contribution < -0.4 is 5.32 Å². The van der Waals surface area contributed by atoms with Gasteiger partial charge in [-0.25, -0.2) is 4.98 Å². The van der Waals surface area contributed by atoms with Gasteiger partial charge in [-0.15, -0.1) is 11.3 Å². The van der Waals surface area contributed by atoms with Crippen LogP contribution in [-0.2, 0) is 6.54 Å². The number of hydrogen-bond acceptors (Lipinski definition) is 3. The van der Waals surface area contributed by atoms with Crippen LogP contribution in [0, 0.1) is 0 Å². The molecular weight excluding hydrogens is 254 g/mol. The first-order chi connectivity index (χ1) is 9.38. The lowest BCUT2D eigenvalue weighted by Gasteiger charge is -2.13. The molecule has 0 bridgehead atoms. The first-order valence-electron chi connectivity index (χ1n) is 6.56. The van der Waals surface area contributed by atoms with Crippen molar-refractivity contribution in [1.29, 1.82) is 0 Å². The van der Waals surface area contributed by atoms with Crippen molar-refractivity contribution < 1.29 is 0 Å². The summed E-state index contributed by atoms with van der Waals surface area (Å²) in [6.45, 7) is 3.05. The van der Waals surface area contributed by atoms with Gasteiger partial charge in [-0.2, -0.15) is 0 Å². The van der Waals surface area contributed by atoms with Crippen LogP contribution in [0.1, 0.15) is 30.0 Å². The third kappa shape index (κ3) is 2.55. The molecule has 3 rings (SSSR count). The maximum absolute atomic E-state index is 4.40. The average Bonchev–Trinajstić information content (AvgIpc) is 3.09. The van der Waals surface area contributed by atoms with E-state index in [1.807, 2.05) is 11.6 Å². The van der Waals surface area contributed by atoms with Crippen molar-refractivity contribution in [2.24, 2.45) is 0 Å². The summed E-state index contributed by atoms with van der Waals surface area (Å²) in [5.74, 6) is 0. The predicted molar refractivity (Wildman–Crippen MR) is 80.3 cm³/mol. The molecule has 0 spiro atoms. The molecule has 0 aliphatic rings. The summed E-state index contributed by atoms with van der Waals surface area (Å²) in [5, 5.41) is 8.09. The Hall–Kier alpha value is -1.65. The van der Waals surface area contributed by atoms with E-state index in [9.17, 15) is 0 Å². The minimum atomic E-state index is 0.341. The third-order valence-electron chi connectivity index (χ3n) is 3.37. The second-order valence-corrected chi connectivity index (χ2v) is 5.50. The van der Waals surface area contributed by atoms with Crippen LogP contribution >= 0.6 is 11.3 Å². The molecule has 2 N–H and O–H groups in total. The molecule has 1 unspecified atom stereocenters. The predicted octanol–water partition coefficient (Wildman–Crippen LogP) is 3.87. The summed E-state index contributed by atoms with van der Waals surface area (Å²) in [7, 11) is 0. The Balaban J connectivity index is 1.75. The molecule has 3 nitrogen and oxygen atoms in total. The molecule has 1 aromatic carbocycles. The van der Waals surface area contributed by atoms with Crippen LogP contribution in [0.5, 0.6) is 0 Å². The van der Waals surface area contributed by atoms with E-state index in [1.165, 1.54) is 21.5 Å². The highest BCUT2D eigenvalue weighted by Crippen LogP contribution is 2.21. The molecule has 19 heavy (non-hydrogen) atoms. The molecule has 0 aliphatic carbocycles. The van der Waals surface area contributed by atoms with Gasteiger partial charge in [-0.1, -0.05) is 25.1 Å². The Bertz CT molecular complexity index is 642. The fourth-order valence-electron chi connectivity index (χ4n) is 2.32. The fraction of sp³-hybridized carbons (Fsp3) is 0.267. The number of para-hydroxylation sites is 1. The number of thiazole rings is 1. The van der Waals surface area contributed by atoms with Gasteiger partial charge in [-0.3, -0.25) is 0 Å². The van der Waals surface area contributed by atoms with Crippen molar-refractivity contribution in [3.63, 3.8) is 0 Å². The zero-order chi connectivity index (χ0) is 13.1. The average molecular weight is 271 g/mol. The molecule has 0 aliphatic heterocycles. The maximum atomic E-state index is 4.40. The molecule has 0 radical (unpaired) electrons. The van der Waals surface area contributed by atoms with Gasteiger partial charge in [0, 0.05) is 35.2 Å². The summed E-state index contributed by atoms with van der Waals surface area (Å²) in [4.78, 5) is 7.71. The lowest BCUT2D eigenvalue weighted by molar-refractivity contribution is 0.518. The molecule has 3 aromatic rings. The molecule has 0 saturated heterocycles. The van der Waals surface area contributed by atoms with E-state index in [4.69, 9.17) is 0 Å². The summed E-state index contributed by atoms with van der Waals surface area (Å²) in [5.41, 5.74) is 2.51. The van der Waals surface area contributed by atoms with Crippen LogP contribution in [0.25, 0.3) is 10.9 Å². The number of benzene rings is 1. The number of H-pyrrole nitrogens is 1. The van der Waals surface area contributed by atoms with Gasteiger partial charge in [0.15, 0.2) is 0 Å². The molecule has 1 atom stereocenters. The maximum Gasteiger partial charge on any atom is 0.109 e. The van der Waals surface area contributed by atoms with E-state index in [-0.39, 0.29) is 0 Å². The Labute approximate surface area is 116 Å². The van der Waals surface area contributed by atoms with Gasteiger partial charge in [0.05, 0.1) is 6.04 Å². The minimum absolute atomic E-state index is 0.341. The zero-order valence-electron chi connectivity index (χ0n) is 10.9. The summed E-state index contributed by atoms with van der Waals surface area (Å²) >= 11 is 1.72. The van der Waals surface area contributed by atoms with Crippen molar-refractivity contribution in [1.82, 2.24) is 15.3 Å². The lowest BCUT2D eigenvalue weighted by Crippen LogP contribution is -2.19. The van der Waals surface area contributed by atoms with Gasteiger partial charge in [0.25, 0.3) is 0 Å². The minimum Gasteiger partial charge on any atom is -0.361 e. The van der Waals surface area contributed by atoms with E-state index in [2.05, 4.69) is 52.7 Å². The highest BCUT2D eigenvalue weighted by atomic mass is 32.1. The van der Waals surface area contributed by atoms with E-state index >= 15 is 0 Å². The standard InChI is InChI=1S/C15H17N3S/c1-2-13(15-16-7-8-19-15)17-9-11-10-18-14-6-4-3-5-12(11)14/h3-8,10,13,17-18H,2,9H2,1H3. The Morgan fingerprint density at radius 2 is 2.26 bits per heavy atom. The number of aromatic amines is 1. The first-order valence-corrected chi connectivity index (χ1v) is 7.44. The van der Waals surface area contributed by atoms with Crippen molar-refractivity contribution in [3.8, 4) is 0 Å². The second kappa shape index (κ2) is 5.55. The summed E-state index contributed by atoms with van der Waals surface area (Å²) < 4.78 is 0. The topological polar surface area (TPSA) is 40.7 Å². The molecular formula is C15H17N3S. The molecule has 98 valence electrons. The lowest BCUT2D eigenvalue weighted by atomic mass is 10.1. The zero-order valence-corrected chi connectivity index (χ0v) is 11.7. The van der Waals surface area contributed by atoms with E-state index in [1.54, 1.807) is 11.3 Å². The molecule has 0 fully saturated rings. The smallest absolute Gasteiger partial charge is 0.109 e. The van der Waals surface area contributed by atoms with Crippen molar-refractivity contribution in [2.45, 2.75) is 25.9 Å². The van der Waals surface area contributed by atoms with Crippen LogP contribution in [0.15, 0.2) is 42.0 Å². The molecule has 2 aromatic heterocycles. The molecule has 2 heterocycles. The number of rotatable bonds is 5. The van der Waals surface area contributed by atoms with Crippen LogP contribution in [0.4, 0.5) is 0 Å². The van der Waals surface area contributed by atoms with E-state index in [0.29, 0.717) is 6.04 Å². The van der Waals surface area contributed by atoms with Crippen molar-refractivity contribution >= 4 is 22.2 Å². The van der Waals surface area contributed by atoms with Gasteiger partial charge in [0.2, 0.25) is 0 Å². The van der Waals surface area contributed by atoms with Crippen LogP contribution in [-0.4, -0.2) is 9.97 Å². The Kier molecular flexibility index (Phi) is 3.62. The van der Waals surface area contributed by atoms with Gasteiger partial charge in [0.1, 0.15) is 5.01 Å². The van der Waals surface area contributed by atoms with Crippen molar-refractivity contribution in [3.05, 3.63) is 52.6 Å². The Morgan fingerprint density at radius 1 is 1.37 bits per heavy atom. The van der Waals surface area contributed by atoms with E-state index in [0.717, 1.165) is 13.0 Å². The van der Waals surface area contributed by atoms with Crippen LogP contribution in [0.3, 0.4) is 0 Å².